The largest absolute Gasteiger partial charge is 0.338 e. The van der Waals surface area contributed by atoms with E-state index in [1.54, 1.807) is 11.9 Å². The molecule has 0 aromatic carbocycles. The zero-order valence-electron chi connectivity index (χ0n) is 6.55. The van der Waals surface area contributed by atoms with Crippen LogP contribution in [-0.4, -0.2) is 24.4 Å². The molecule has 2 heteroatoms. The topological polar surface area (TPSA) is 20.3 Å². The molecule has 0 rings (SSSR count). The van der Waals surface area contributed by atoms with Crippen molar-refractivity contribution in [1.29, 1.82) is 0 Å². The molecule has 0 atom stereocenters. The Kier molecular flexibility index (Phi) is 3.47. The van der Waals surface area contributed by atoms with E-state index in [1.165, 1.54) is 6.08 Å². The van der Waals surface area contributed by atoms with Gasteiger partial charge in [-0.25, -0.2) is 0 Å². The minimum Gasteiger partial charge on any atom is -0.338 e. The van der Waals surface area contributed by atoms with Crippen molar-refractivity contribution in [3.05, 3.63) is 24.8 Å². The van der Waals surface area contributed by atoms with E-state index in [1.807, 2.05) is 6.92 Å². The molecule has 0 N–H and O–H groups in total. The van der Waals surface area contributed by atoms with E-state index in [0.29, 0.717) is 6.54 Å². The Labute approximate surface area is 61.8 Å². The van der Waals surface area contributed by atoms with Crippen LogP contribution in [0.4, 0.5) is 0 Å². The van der Waals surface area contributed by atoms with Gasteiger partial charge in [0, 0.05) is 13.6 Å². The third-order valence-corrected chi connectivity index (χ3v) is 1.06. The first kappa shape index (κ1) is 8.95. The van der Waals surface area contributed by atoms with Crippen molar-refractivity contribution in [2.45, 2.75) is 6.92 Å². The van der Waals surface area contributed by atoms with E-state index in [-0.39, 0.29) is 5.91 Å². The number of nitrogens with zero attached hydrogens (tertiary/aromatic N) is 1. The molecule has 0 bridgehead atoms. The summed E-state index contributed by atoms with van der Waals surface area (Å²) in [5.41, 5.74) is 0.970. The molecule has 0 unspecified atom stereocenters. The Morgan fingerprint density at radius 2 is 2.20 bits per heavy atom. The second-order valence-electron chi connectivity index (χ2n) is 2.36. The summed E-state index contributed by atoms with van der Waals surface area (Å²) >= 11 is 0. The summed E-state index contributed by atoms with van der Waals surface area (Å²) in [6, 6.07) is 0. The normalized spacial score (nSPS) is 8.60. The highest BCUT2D eigenvalue weighted by molar-refractivity contribution is 5.86. The summed E-state index contributed by atoms with van der Waals surface area (Å²) in [6.07, 6.45) is 1.29. The number of hydrogen-bond acceptors (Lipinski definition) is 1. The lowest BCUT2D eigenvalue weighted by Crippen LogP contribution is -2.25. The van der Waals surface area contributed by atoms with Gasteiger partial charge in [0.1, 0.15) is 0 Å². The van der Waals surface area contributed by atoms with Crippen LogP contribution in [0.15, 0.2) is 24.8 Å². The molecule has 0 aliphatic carbocycles. The van der Waals surface area contributed by atoms with Gasteiger partial charge in [-0.1, -0.05) is 18.7 Å². The number of likely N-dealkylation sites (N-methyl/N-ethyl adjacent to an activating group) is 1. The fourth-order valence-corrected chi connectivity index (χ4v) is 0.639. The molecular formula is C8H13NO. The zero-order valence-corrected chi connectivity index (χ0v) is 6.55. The smallest absolute Gasteiger partial charge is 0.245 e. The highest BCUT2D eigenvalue weighted by Gasteiger charge is 2.01. The lowest BCUT2D eigenvalue weighted by Gasteiger charge is -2.13. The molecule has 0 saturated heterocycles. The third kappa shape index (κ3) is 3.07. The molecule has 0 heterocycles. The minimum atomic E-state index is -0.0667. The zero-order chi connectivity index (χ0) is 8.15. The molecule has 0 radical (unpaired) electrons. The van der Waals surface area contributed by atoms with E-state index in [2.05, 4.69) is 13.2 Å². The molecule has 0 saturated carbocycles. The van der Waals surface area contributed by atoms with Gasteiger partial charge in [0.15, 0.2) is 0 Å². The van der Waals surface area contributed by atoms with Crippen LogP contribution in [0, 0.1) is 0 Å². The molecule has 2 nitrogen and oxygen atoms in total. The monoisotopic (exact) mass is 139 g/mol. The van der Waals surface area contributed by atoms with Crippen LogP contribution in [0.3, 0.4) is 0 Å². The fourth-order valence-electron chi connectivity index (χ4n) is 0.639. The second kappa shape index (κ2) is 3.88. The predicted molar refractivity (Wildman–Crippen MR) is 42.6 cm³/mol. The fraction of sp³-hybridized carbons (Fsp3) is 0.375. The van der Waals surface area contributed by atoms with Crippen molar-refractivity contribution in [1.82, 2.24) is 4.90 Å². The van der Waals surface area contributed by atoms with Gasteiger partial charge in [0.25, 0.3) is 0 Å². The van der Waals surface area contributed by atoms with E-state index in [9.17, 15) is 4.79 Å². The van der Waals surface area contributed by atoms with Gasteiger partial charge in [0.2, 0.25) is 5.91 Å². The maximum Gasteiger partial charge on any atom is 0.245 e. The molecule has 0 aromatic heterocycles. The van der Waals surface area contributed by atoms with Crippen LogP contribution in [0.2, 0.25) is 0 Å². The maximum atomic E-state index is 10.8. The molecule has 1 amide bonds. The van der Waals surface area contributed by atoms with Gasteiger partial charge in [-0.15, -0.1) is 0 Å². The molecule has 0 fully saturated rings. The SMILES string of the molecule is C=CC(=O)N(C)CC(=C)C. The van der Waals surface area contributed by atoms with Crippen molar-refractivity contribution in [3.63, 3.8) is 0 Å². The first-order valence-corrected chi connectivity index (χ1v) is 3.10. The first-order valence-electron chi connectivity index (χ1n) is 3.10. The Hall–Kier alpha value is -1.05. The van der Waals surface area contributed by atoms with Crippen LogP contribution in [0.5, 0.6) is 0 Å². The summed E-state index contributed by atoms with van der Waals surface area (Å²) in [5, 5.41) is 0. The van der Waals surface area contributed by atoms with Gasteiger partial charge in [-0.3, -0.25) is 4.79 Å². The quantitative estimate of drug-likeness (QED) is 0.425. The molecule has 10 heavy (non-hydrogen) atoms. The highest BCUT2D eigenvalue weighted by Crippen LogP contribution is 1.92. The van der Waals surface area contributed by atoms with Gasteiger partial charge in [-0.2, -0.15) is 0 Å². The first-order chi connectivity index (χ1) is 4.57. The van der Waals surface area contributed by atoms with Crippen LogP contribution in [0.25, 0.3) is 0 Å². The summed E-state index contributed by atoms with van der Waals surface area (Å²) in [5.74, 6) is -0.0667. The lowest BCUT2D eigenvalue weighted by molar-refractivity contribution is -0.124. The Bertz CT molecular complexity index is 161. The van der Waals surface area contributed by atoms with Gasteiger partial charge < -0.3 is 4.90 Å². The van der Waals surface area contributed by atoms with Crippen LogP contribution in [0.1, 0.15) is 6.92 Å². The molecule has 0 aliphatic heterocycles. The minimum absolute atomic E-state index is 0.0667. The Morgan fingerprint density at radius 3 is 2.50 bits per heavy atom. The van der Waals surface area contributed by atoms with Crippen molar-refractivity contribution in [3.8, 4) is 0 Å². The lowest BCUT2D eigenvalue weighted by atomic mass is 10.3. The van der Waals surface area contributed by atoms with Crippen LogP contribution >= 0.6 is 0 Å². The summed E-state index contributed by atoms with van der Waals surface area (Å²) in [7, 11) is 1.72. The Morgan fingerprint density at radius 1 is 1.70 bits per heavy atom. The van der Waals surface area contributed by atoms with Crippen LogP contribution in [-0.2, 0) is 4.79 Å². The van der Waals surface area contributed by atoms with Gasteiger partial charge in [-0.05, 0) is 13.0 Å². The highest BCUT2D eigenvalue weighted by atomic mass is 16.2. The molecule has 0 aromatic rings. The molecule has 0 aliphatic rings. The average Bonchev–Trinajstić information content (AvgIpc) is 1.85. The van der Waals surface area contributed by atoms with E-state index in [4.69, 9.17) is 0 Å². The number of amides is 1. The van der Waals surface area contributed by atoms with Crippen molar-refractivity contribution in [2.75, 3.05) is 13.6 Å². The molecule has 0 spiro atoms. The summed E-state index contributed by atoms with van der Waals surface area (Å²) in [6.45, 7) is 9.54. The Balaban J connectivity index is 3.84. The van der Waals surface area contributed by atoms with Crippen molar-refractivity contribution < 1.29 is 4.79 Å². The number of hydrogen-bond donors (Lipinski definition) is 0. The number of carbonyl (C=O) groups excluding carboxylic acids is 1. The predicted octanol–water partition coefficient (Wildman–Crippen LogP) is 1.21. The van der Waals surface area contributed by atoms with Gasteiger partial charge in [0.05, 0.1) is 0 Å². The number of rotatable bonds is 3. The summed E-state index contributed by atoms with van der Waals surface area (Å²) < 4.78 is 0. The third-order valence-electron chi connectivity index (χ3n) is 1.06. The molecular weight excluding hydrogens is 126 g/mol. The maximum absolute atomic E-state index is 10.8. The standard InChI is InChI=1S/C8H13NO/c1-5-8(10)9(4)6-7(2)3/h5H,1-2,6H2,3-4H3. The van der Waals surface area contributed by atoms with E-state index < -0.39 is 0 Å². The van der Waals surface area contributed by atoms with E-state index in [0.717, 1.165) is 5.57 Å². The van der Waals surface area contributed by atoms with Gasteiger partial charge >= 0.3 is 0 Å². The van der Waals surface area contributed by atoms with Crippen LogP contribution < -0.4 is 0 Å². The number of carbonyl (C=O) groups is 1. The molecule has 56 valence electrons. The second-order valence-corrected chi connectivity index (χ2v) is 2.36. The average molecular weight is 139 g/mol. The van der Waals surface area contributed by atoms with Crippen molar-refractivity contribution in [2.24, 2.45) is 0 Å². The van der Waals surface area contributed by atoms with E-state index >= 15 is 0 Å². The summed E-state index contributed by atoms with van der Waals surface area (Å²) in [4.78, 5) is 12.4. The van der Waals surface area contributed by atoms with Crippen molar-refractivity contribution >= 4 is 5.91 Å².